The van der Waals surface area contributed by atoms with Gasteiger partial charge in [-0.25, -0.2) is 13.9 Å². The second kappa shape index (κ2) is 6.80. The van der Waals surface area contributed by atoms with E-state index >= 15 is 0 Å². The van der Waals surface area contributed by atoms with E-state index in [1.807, 2.05) is 4.90 Å². The summed E-state index contributed by atoms with van der Waals surface area (Å²) >= 11 is 5.69. The van der Waals surface area contributed by atoms with Crippen molar-refractivity contribution in [3.05, 3.63) is 69.6 Å². The highest BCUT2D eigenvalue weighted by molar-refractivity contribution is 7.80. The summed E-state index contributed by atoms with van der Waals surface area (Å²) in [6.07, 6.45) is 1.60. The highest BCUT2D eigenvalue weighted by Crippen LogP contribution is 2.47. The number of benzene rings is 2. The molecular formula is C22H17F2N5O2S. The summed E-state index contributed by atoms with van der Waals surface area (Å²) in [5, 5.41) is 11.0. The quantitative estimate of drug-likeness (QED) is 0.581. The van der Waals surface area contributed by atoms with Gasteiger partial charge < -0.3 is 10.2 Å². The Bertz CT molecular complexity index is 1340. The smallest absolute Gasteiger partial charge is 0.272 e. The Kier molecular flexibility index (Phi) is 4.10. The Labute approximate surface area is 186 Å². The third-order valence-electron chi connectivity index (χ3n) is 6.52. The molecule has 3 aliphatic heterocycles. The van der Waals surface area contributed by atoms with E-state index in [0.717, 1.165) is 12.5 Å². The maximum Gasteiger partial charge on any atom is 0.272 e. The van der Waals surface area contributed by atoms with E-state index in [-0.39, 0.29) is 17.3 Å². The Balaban J connectivity index is 1.60. The van der Waals surface area contributed by atoms with Crippen molar-refractivity contribution in [3.63, 3.8) is 0 Å². The number of H-pyrrole nitrogens is 1. The molecule has 0 bridgehead atoms. The molecule has 6 rings (SSSR count). The molecule has 0 spiro atoms. The number of nitrogens with one attached hydrogen (secondary N) is 2. The lowest BCUT2D eigenvalue weighted by atomic mass is 9.88. The zero-order valence-corrected chi connectivity index (χ0v) is 17.5. The van der Waals surface area contributed by atoms with Crippen LogP contribution >= 0.6 is 12.2 Å². The van der Waals surface area contributed by atoms with Crippen LogP contribution in [-0.4, -0.2) is 43.6 Å². The van der Waals surface area contributed by atoms with Crippen LogP contribution in [0.5, 0.6) is 0 Å². The first kappa shape index (κ1) is 19.3. The number of hydrogen-bond donors (Lipinski definition) is 2. The van der Waals surface area contributed by atoms with Gasteiger partial charge in [-0.3, -0.25) is 14.5 Å². The van der Waals surface area contributed by atoms with Crippen molar-refractivity contribution >= 4 is 39.7 Å². The molecule has 7 nitrogen and oxygen atoms in total. The second-order valence-corrected chi connectivity index (χ2v) is 8.64. The number of amides is 1. The number of anilines is 1. The molecule has 4 heterocycles. The van der Waals surface area contributed by atoms with Crippen LogP contribution in [0.4, 0.5) is 14.5 Å². The van der Waals surface area contributed by atoms with Gasteiger partial charge in [0, 0.05) is 17.6 Å². The number of carbonyl (C=O) groups is 1. The Morgan fingerprint density at radius 1 is 1.09 bits per heavy atom. The first-order valence-electron chi connectivity index (χ1n) is 10.3. The maximum absolute atomic E-state index is 14.3. The van der Waals surface area contributed by atoms with Crippen LogP contribution in [-0.2, 0) is 4.79 Å². The van der Waals surface area contributed by atoms with Gasteiger partial charge in [-0.2, -0.15) is 5.10 Å². The number of nitrogens with zero attached hydrogens (tertiary/aromatic N) is 3. The molecule has 32 heavy (non-hydrogen) atoms. The van der Waals surface area contributed by atoms with E-state index in [0.29, 0.717) is 40.4 Å². The van der Waals surface area contributed by atoms with Gasteiger partial charge in [-0.05, 0) is 54.9 Å². The minimum Gasteiger partial charge on any atom is -0.375 e. The predicted molar refractivity (Wildman–Crippen MR) is 117 cm³/mol. The van der Waals surface area contributed by atoms with Gasteiger partial charge >= 0.3 is 0 Å². The van der Waals surface area contributed by atoms with E-state index < -0.39 is 29.3 Å². The summed E-state index contributed by atoms with van der Waals surface area (Å²) in [6, 6.07) is 6.71. The van der Waals surface area contributed by atoms with Crippen molar-refractivity contribution < 1.29 is 13.6 Å². The summed E-state index contributed by atoms with van der Waals surface area (Å²) in [5.74, 6) is -1.10. The van der Waals surface area contributed by atoms with Gasteiger partial charge in [0.1, 0.15) is 23.7 Å². The van der Waals surface area contributed by atoms with E-state index in [1.54, 1.807) is 17.0 Å². The van der Waals surface area contributed by atoms with Crippen LogP contribution in [0.2, 0.25) is 0 Å². The van der Waals surface area contributed by atoms with Crippen molar-refractivity contribution in [3.8, 4) is 0 Å². The van der Waals surface area contributed by atoms with E-state index in [2.05, 4.69) is 15.5 Å². The molecule has 10 heteroatoms. The van der Waals surface area contributed by atoms with Crippen LogP contribution in [0.25, 0.3) is 10.8 Å². The summed E-state index contributed by atoms with van der Waals surface area (Å²) < 4.78 is 28.0. The minimum absolute atomic E-state index is 0.127. The molecule has 1 aromatic heterocycles. The fourth-order valence-electron chi connectivity index (χ4n) is 5.13. The molecule has 162 valence electrons. The molecule has 3 atom stereocenters. The number of aromatic amines is 1. The summed E-state index contributed by atoms with van der Waals surface area (Å²) in [7, 11) is 0. The summed E-state index contributed by atoms with van der Waals surface area (Å²) in [4.78, 5) is 29.3. The van der Waals surface area contributed by atoms with Gasteiger partial charge in [0.2, 0.25) is 0 Å². The van der Waals surface area contributed by atoms with Crippen molar-refractivity contribution in [1.82, 2.24) is 20.0 Å². The Morgan fingerprint density at radius 3 is 2.62 bits per heavy atom. The number of hydrogen-bond acceptors (Lipinski definition) is 5. The molecule has 0 saturated carbocycles. The molecule has 0 radical (unpaired) electrons. The lowest BCUT2D eigenvalue weighted by Gasteiger charge is -2.39. The Hall–Kier alpha value is -3.40. The fourth-order valence-corrected chi connectivity index (χ4v) is 5.55. The Morgan fingerprint density at radius 2 is 1.88 bits per heavy atom. The molecule has 2 unspecified atom stereocenters. The van der Waals surface area contributed by atoms with Crippen molar-refractivity contribution in [2.24, 2.45) is 0 Å². The van der Waals surface area contributed by atoms with Gasteiger partial charge in [0.15, 0.2) is 5.11 Å². The van der Waals surface area contributed by atoms with E-state index in [4.69, 9.17) is 12.2 Å². The average molecular weight is 453 g/mol. The van der Waals surface area contributed by atoms with Gasteiger partial charge in [0.25, 0.3) is 11.5 Å². The number of halogens is 2. The molecule has 2 N–H and O–H groups in total. The predicted octanol–water partition coefficient (Wildman–Crippen LogP) is 3.00. The zero-order valence-electron chi connectivity index (χ0n) is 16.6. The second-order valence-electron chi connectivity index (χ2n) is 8.27. The number of thiocarbonyl (C=S) groups is 1. The lowest BCUT2D eigenvalue weighted by molar-refractivity contribution is -0.129. The lowest BCUT2D eigenvalue weighted by Crippen LogP contribution is -2.43. The summed E-state index contributed by atoms with van der Waals surface area (Å²) in [6.45, 7) is 0.698. The third-order valence-corrected chi connectivity index (χ3v) is 6.95. The molecule has 0 aliphatic carbocycles. The van der Waals surface area contributed by atoms with Gasteiger partial charge in [0.05, 0.1) is 17.1 Å². The largest absolute Gasteiger partial charge is 0.375 e. The molecule has 2 fully saturated rings. The molecular weight excluding hydrogens is 436 g/mol. The standard InChI is InChI=1S/C22H17F2N5O2S/c23-11-5-3-10(4-6-11)17-19(29-21(31)15-2-1-7-28(15)22(29)32)18-16-13(20(30)27-26-18)8-12(24)9-14(16)25-17/h3-6,8-9,15,17,19,25H,1-2,7H2,(H,27,30)/t15-,17?,19?/m0/s1. The van der Waals surface area contributed by atoms with Crippen molar-refractivity contribution in [2.75, 3.05) is 11.9 Å². The monoisotopic (exact) mass is 453 g/mol. The first-order valence-corrected chi connectivity index (χ1v) is 10.7. The van der Waals surface area contributed by atoms with Crippen LogP contribution in [0, 0.1) is 11.6 Å². The first-order chi connectivity index (χ1) is 15.4. The molecule has 2 aromatic carbocycles. The fraction of sp³-hybridized carbons (Fsp3) is 0.273. The van der Waals surface area contributed by atoms with Crippen molar-refractivity contribution in [1.29, 1.82) is 0 Å². The van der Waals surface area contributed by atoms with Crippen LogP contribution in [0.15, 0.2) is 41.2 Å². The number of rotatable bonds is 2. The number of carbonyl (C=O) groups excluding carboxylic acids is 1. The number of fused-ring (bicyclic) bond motifs is 1. The third kappa shape index (κ3) is 2.62. The van der Waals surface area contributed by atoms with E-state index in [9.17, 15) is 18.4 Å². The van der Waals surface area contributed by atoms with Gasteiger partial charge in [-0.15, -0.1) is 0 Å². The molecule has 3 aliphatic rings. The molecule has 3 aromatic rings. The van der Waals surface area contributed by atoms with E-state index in [1.165, 1.54) is 18.2 Å². The van der Waals surface area contributed by atoms with Crippen molar-refractivity contribution in [2.45, 2.75) is 31.0 Å². The molecule has 1 amide bonds. The summed E-state index contributed by atoms with van der Waals surface area (Å²) in [5.41, 5.74) is 0.952. The SMILES string of the molecule is O=C1[C@@H]2CCCN2C(=S)N1C1c2n[nH]c(=O)c3cc(F)cc(c23)NC1c1ccc(F)cc1. The number of aromatic nitrogens is 2. The zero-order chi connectivity index (χ0) is 22.1. The highest BCUT2D eigenvalue weighted by Gasteiger charge is 2.51. The van der Waals surface area contributed by atoms with Gasteiger partial charge in [-0.1, -0.05) is 12.1 Å². The van der Waals surface area contributed by atoms with Crippen LogP contribution in [0.3, 0.4) is 0 Å². The normalized spacial score (nSPS) is 24.2. The average Bonchev–Trinajstić information content (AvgIpc) is 3.34. The highest BCUT2D eigenvalue weighted by atomic mass is 32.1. The topological polar surface area (TPSA) is 81.3 Å². The van der Waals surface area contributed by atoms with Crippen LogP contribution < -0.4 is 10.9 Å². The minimum atomic E-state index is -0.705. The molecule has 2 saturated heterocycles. The maximum atomic E-state index is 14.3. The van der Waals surface area contributed by atoms with Crippen LogP contribution in [0.1, 0.15) is 36.2 Å².